The van der Waals surface area contributed by atoms with Gasteiger partial charge in [0, 0.05) is 12.1 Å². The Hall–Kier alpha value is -2.11. The predicted molar refractivity (Wildman–Crippen MR) is 62.7 cm³/mol. The van der Waals surface area contributed by atoms with Crippen molar-refractivity contribution in [2.75, 3.05) is 13.7 Å². The molecule has 0 atom stereocenters. The molecule has 0 bridgehead atoms. The van der Waals surface area contributed by atoms with Gasteiger partial charge in [0.2, 0.25) is 0 Å². The molecule has 1 aromatic carbocycles. The van der Waals surface area contributed by atoms with Gasteiger partial charge in [-0.05, 0) is 24.8 Å². The minimum Gasteiger partial charge on any atom is -0.493 e. The van der Waals surface area contributed by atoms with E-state index in [1.165, 1.54) is 25.3 Å². The van der Waals surface area contributed by atoms with Crippen LogP contribution in [0.1, 0.15) is 23.2 Å². The second-order valence-corrected chi connectivity index (χ2v) is 4.18. The average Bonchev–Trinajstić information content (AvgIpc) is 3.19. The van der Waals surface area contributed by atoms with Crippen LogP contribution in [0.4, 0.5) is 5.69 Å². The fourth-order valence-electron chi connectivity index (χ4n) is 1.54. The summed E-state index contributed by atoms with van der Waals surface area (Å²) in [5.41, 5.74) is -0.364. The van der Waals surface area contributed by atoms with Gasteiger partial charge in [0.05, 0.1) is 18.6 Å². The molecule has 6 heteroatoms. The third-order valence-corrected chi connectivity index (χ3v) is 2.75. The number of nitro benzene ring substituents is 1. The van der Waals surface area contributed by atoms with Crippen LogP contribution in [0.5, 0.6) is 5.75 Å². The first-order valence-electron chi connectivity index (χ1n) is 5.61. The van der Waals surface area contributed by atoms with Crippen molar-refractivity contribution in [3.05, 3.63) is 33.9 Å². The first-order chi connectivity index (χ1) is 8.61. The van der Waals surface area contributed by atoms with Crippen molar-refractivity contribution in [3.8, 4) is 5.75 Å². The molecule has 1 aliphatic rings. The van der Waals surface area contributed by atoms with E-state index in [2.05, 4.69) is 4.74 Å². The number of methoxy groups -OCH3 is 1. The molecular formula is C12H13NO5. The van der Waals surface area contributed by atoms with E-state index < -0.39 is 10.9 Å². The van der Waals surface area contributed by atoms with Crippen molar-refractivity contribution in [2.24, 2.45) is 5.92 Å². The Kier molecular flexibility index (Phi) is 3.45. The minimum atomic E-state index is -0.737. The maximum Gasteiger partial charge on any atom is 0.345 e. The van der Waals surface area contributed by atoms with Gasteiger partial charge in [-0.15, -0.1) is 0 Å². The van der Waals surface area contributed by atoms with Crippen LogP contribution >= 0.6 is 0 Å². The quantitative estimate of drug-likeness (QED) is 0.455. The number of hydrogen-bond donors (Lipinski definition) is 0. The van der Waals surface area contributed by atoms with Gasteiger partial charge in [0.1, 0.15) is 11.3 Å². The zero-order valence-electron chi connectivity index (χ0n) is 9.92. The van der Waals surface area contributed by atoms with Gasteiger partial charge in [0.15, 0.2) is 0 Å². The Morgan fingerprint density at radius 3 is 2.78 bits per heavy atom. The molecule has 6 nitrogen and oxygen atoms in total. The standard InChI is InChI=1S/C12H13NO5/c1-17-12(14)10-6-9(18-7-8-2-3-8)4-5-11(10)13(15)16/h4-6,8H,2-3,7H2,1H3. The molecule has 18 heavy (non-hydrogen) atoms. The number of carbonyl (C=O) groups excluding carboxylic acids is 1. The summed E-state index contributed by atoms with van der Waals surface area (Å²) in [4.78, 5) is 21.6. The number of hydrogen-bond acceptors (Lipinski definition) is 5. The number of benzene rings is 1. The largest absolute Gasteiger partial charge is 0.493 e. The van der Waals surface area contributed by atoms with Gasteiger partial charge in [-0.3, -0.25) is 10.1 Å². The van der Waals surface area contributed by atoms with E-state index in [0.717, 1.165) is 12.8 Å². The molecule has 1 fully saturated rings. The summed E-state index contributed by atoms with van der Waals surface area (Å²) in [6, 6.07) is 4.10. The number of esters is 1. The lowest BCUT2D eigenvalue weighted by atomic mass is 10.1. The molecule has 0 radical (unpaired) electrons. The van der Waals surface area contributed by atoms with Crippen LogP contribution in [0.25, 0.3) is 0 Å². The van der Waals surface area contributed by atoms with E-state index in [-0.39, 0.29) is 11.3 Å². The van der Waals surface area contributed by atoms with Gasteiger partial charge in [-0.2, -0.15) is 0 Å². The molecular weight excluding hydrogens is 238 g/mol. The second-order valence-electron chi connectivity index (χ2n) is 4.18. The molecule has 1 aromatic rings. The molecule has 0 aliphatic heterocycles. The molecule has 2 rings (SSSR count). The van der Waals surface area contributed by atoms with E-state index in [4.69, 9.17) is 4.74 Å². The van der Waals surface area contributed by atoms with Crippen molar-refractivity contribution in [1.29, 1.82) is 0 Å². The van der Waals surface area contributed by atoms with Crippen LogP contribution in [0.3, 0.4) is 0 Å². The van der Waals surface area contributed by atoms with Gasteiger partial charge in [-0.25, -0.2) is 4.79 Å². The molecule has 1 saturated carbocycles. The molecule has 0 spiro atoms. The van der Waals surface area contributed by atoms with Crippen molar-refractivity contribution in [3.63, 3.8) is 0 Å². The Labute approximate surface area is 104 Å². The molecule has 1 aliphatic carbocycles. The monoisotopic (exact) mass is 251 g/mol. The van der Waals surface area contributed by atoms with Crippen LogP contribution in [-0.4, -0.2) is 24.6 Å². The number of nitrogens with zero attached hydrogens (tertiary/aromatic N) is 1. The molecule has 0 saturated heterocycles. The molecule has 0 amide bonds. The third kappa shape index (κ3) is 2.77. The van der Waals surface area contributed by atoms with Gasteiger partial charge in [-0.1, -0.05) is 0 Å². The zero-order chi connectivity index (χ0) is 13.1. The number of nitro groups is 1. The first-order valence-corrected chi connectivity index (χ1v) is 5.61. The summed E-state index contributed by atoms with van der Waals surface area (Å²) in [5.74, 6) is 0.285. The number of carbonyl (C=O) groups is 1. The van der Waals surface area contributed by atoms with Crippen LogP contribution in [0.15, 0.2) is 18.2 Å². The van der Waals surface area contributed by atoms with E-state index in [1.807, 2.05) is 0 Å². The maximum absolute atomic E-state index is 11.5. The van der Waals surface area contributed by atoms with Crippen LogP contribution in [0.2, 0.25) is 0 Å². The maximum atomic E-state index is 11.5. The molecule has 0 aromatic heterocycles. The van der Waals surface area contributed by atoms with Crippen molar-refractivity contribution >= 4 is 11.7 Å². The smallest absolute Gasteiger partial charge is 0.345 e. The highest BCUT2D eigenvalue weighted by molar-refractivity contribution is 5.94. The molecule has 0 unspecified atom stereocenters. The second kappa shape index (κ2) is 5.03. The molecule has 0 N–H and O–H groups in total. The highest BCUT2D eigenvalue weighted by Gasteiger charge is 2.24. The summed E-state index contributed by atoms with van der Waals surface area (Å²) in [6.45, 7) is 0.582. The van der Waals surface area contributed by atoms with Crippen LogP contribution in [-0.2, 0) is 4.74 Å². The normalized spacial score (nSPS) is 14.1. The van der Waals surface area contributed by atoms with Gasteiger partial charge in [0.25, 0.3) is 5.69 Å². The van der Waals surface area contributed by atoms with E-state index >= 15 is 0 Å². The summed E-state index contributed by atoms with van der Waals surface area (Å²) in [6.07, 6.45) is 2.30. The predicted octanol–water partition coefficient (Wildman–Crippen LogP) is 2.17. The highest BCUT2D eigenvalue weighted by atomic mass is 16.6. The lowest BCUT2D eigenvalue weighted by Crippen LogP contribution is -2.07. The minimum absolute atomic E-state index is 0.0872. The SMILES string of the molecule is COC(=O)c1cc(OCC2CC2)ccc1[N+](=O)[O-]. The lowest BCUT2D eigenvalue weighted by molar-refractivity contribution is -0.385. The van der Waals surface area contributed by atoms with Crippen molar-refractivity contribution in [1.82, 2.24) is 0 Å². The fourth-order valence-corrected chi connectivity index (χ4v) is 1.54. The van der Waals surface area contributed by atoms with Gasteiger partial charge < -0.3 is 9.47 Å². The van der Waals surface area contributed by atoms with Crippen molar-refractivity contribution < 1.29 is 19.2 Å². The first kappa shape index (κ1) is 12.3. The summed E-state index contributed by atoms with van der Waals surface area (Å²) in [5, 5.41) is 10.8. The number of ether oxygens (including phenoxy) is 2. The Balaban J connectivity index is 2.22. The summed E-state index contributed by atoms with van der Waals surface area (Å²) in [7, 11) is 1.18. The Morgan fingerprint density at radius 2 is 2.22 bits per heavy atom. The zero-order valence-corrected chi connectivity index (χ0v) is 9.92. The molecule has 96 valence electrons. The fraction of sp³-hybridized carbons (Fsp3) is 0.417. The Morgan fingerprint density at radius 1 is 1.50 bits per heavy atom. The van der Waals surface area contributed by atoms with Crippen LogP contribution in [0, 0.1) is 16.0 Å². The summed E-state index contributed by atoms with van der Waals surface area (Å²) >= 11 is 0. The van der Waals surface area contributed by atoms with Crippen LogP contribution < -0.4 is 4.74 Å². The molecule has 0 heterocycles. The topological polar surface area (TPSA) is 78.7 Å². The average molecular weight is 251 g/mol. The van der Waals surface area contributed by atoms with E-state index in [0.29, 0.717) is 18.3 Å². The van der Waals surface area contributed by atoms with Crippen molar-refractivity contribution in [2.45, 2.75) is 12.8 Å². The van der Waals surface area contributed by atoms with E-state index in [9.17, 15) is 14.9 Å². The number of rotatable bonds is 5. The lowest BCUT2D eigenvalue weighted by Gasteiger charge is -2.07. The van der Waals surface area contributed by atoms with Gasteiger partial charge >= 0.3 is 5.97 Å². The third-order valence-electron chi connectivity index (χ3n) is 2.75. The summed E-state index contributed by atoms with van der Waals surface area (Å²) < 4.78 is 9.99. The highest BCUT2D eigenvalue weighted by Crippen LogP contribution is 2.31. The Bertz CT molecular complexity index is 481. The van der Waals surface area contributed by atoms with E-state index in [1.54, 1.807) is 0 Å².